The molecule has 3 rings (SSSR count). The highest BCUT2D eigenvalue weighted by atomic mass is 32.2. The van der Waals surface area contributed by atoms with Crippen LogP contribution in [0.25, 0.3) is 0 Å². The molecule has 0 saturated carbocycles. The zero-order valence-corrected chi connectivity index (χ0v) is 19.1. The molecule has 0 aliphatic carbocycles. The van der Waals surface area contributed by atoms with Crippen LogP contribution in [0.4, 0.5) is 5.69 Å². The minimum Gasteiger partial charge on any atom is -0.361 e. The van der Waals surface area contributed by atoms with Gasteiger partial charge in [0.25, 0.3) is 5.91 Å². The number of sulfonamides is 1. The molecule has 2 aromatic rings. The molecule has 1 aromatic heterocycles. The number of likely N-dealkylation sites (tertiary alicyclic amines) is 1. The second kappa shape index (κ2) is 9.65. The van der Waals surface area contributed by atoms with E-state index in [2.05, 4.69) is 15.0 Å². The Labute approximate surface area is 183 Å². The van der Waals surface area contributed by atoms with Gasteiger partial charge < -0.3 is 15.2 Å². The number of aromatic amines is 1. The summed E-state index contributed by atoms with van der Waals surface area (Å²) < 4.78 is 28.5. The van der Waals surface area contributed by atoms with Crippen molar-refractivity contribution in [3.8, 4) is 0 Å². The Bertz CT molecular complexity index is 1070. The van der Waals surface area contributed by atoms with Crippen molar-refractivity contribution < 1.29 is 18.0 Å². The normalized spacial score (nSPS) is 14.5. The average Bonchev–Trinajstić information content (AvgIpc) is 3.02. The molecule has 1 aromatic carbocycles. The van der Waals surface area contributed by atoms with Crippen molar-refractivity contribution >= 4 is 27.5 Å². The van der Waals surface area contributed by atoms with E-state index in [0.717, 1.165) is 24.8 Å². The number of aromatic nitrogens is 1. The van der Waals surface area contributed by atoms with E-state index in [1.807, 2.05) is 25.1 Å². The maximum Gasteiger partial charge on any atom is 0.257 e. The van der Waals surface area contributed by atoms with Crippen LogP contribution >= 0.6 is 0 Å². The number of piperidine rings is 1. The summed E-state index contributed by atoms with van der Waals surface area (Å²) >= 11 is 0. The molecule has 0 unspecified atom stereocenters. The number of amides is 2. The van der Waals surface area contributed by atoms with E-state index in [4.69, 9.17) is 0 Å². The van der Waals surface area contributed by atoms with Crippen molar-refractivity contribution in [2.75, 3.05) is 25.0 Å². The van der Waals surface area contributed by atoms with Crippen molar-refractivity contribution in [3.05, 3.63) is 46.8 Å². The molecule has 0 atom stereocenters. The van der Waals surface area contributed by atoms with Gasteiger partial charge in [-0.1, -0.05) is 12.1 Å². The second-order valence-corrected chi connectivity index (χ2v) is 9.70. The highest BCUT2D eigenvalue weighted by Gasteiger charge is 2.31. The second-order valence-electron chi connectivity index (χ2n) is 8.00. The van der Waals surface area contributed by atoms with Crippen molar-refractivity contribution in [2.24, 2.45) is 0 Å². The molecule has 0 bridgehead atoms. The first-order chi connectivity index (χ1) is 14.7. The number of H-pyrrole nitrogens is 1. The lowest BCUT2D eigenvalue weighted by molar-refractivity contribution is -0.116. The SMILES string of the molecule is Cc1cccc(NC(=O)CCNS(=O)(=O)c2c(C)[nH]c(C)c2C(=O)N2CCCCC2)c1. The van der Waals surface area contributed by atoms with Gasteiger partial charge in [0.15, 0.2) is 0 Å². The predicted molar refractivity (Wildman–Crippen MR) is 120 cm³/mol. The van der Waals surface area contributed by atoms with Gasteiger partial charge in [-0.25, -0.2) is 13.1 Å². The van der Waals surface area contributed by atoms with Crippen LogP contribution in [0.15, 0.2) is 29.2 Å². The lowest BCUT2D eigenvalue weighted by Crippen LogP contribution is -2.37. The van der Waals surface area contributed by atoms with Crippen molar-refractivity contribution in [2.45, 2.75) is 51.3 Å². The fourth-order valence-corrected chi connectivity index (χ4v) is 5.40. The summed E-state index contributed by atoms with van der Waals surface area (Å²) in [6, 6.07) is 7.38. The third kappa shape index (κ3) is 5.54. The van der Waals surface area contributed by atoms with Crippen LogP contribution in [0.3, 0.4) is 0 Å². The fraction of sp³-hybridized carbons (Fsp3) is 0.455. The van der Waals surface area contributed by atoms with Crippen LogP contribution in [0.1, 0.15) is 53.0 Å². The number of hydrogen-bond donors (Lipinski definition) is 3. The molecule has 2 amide bonds. The monoisotopic (exact) mass is 446 g/mol. The van der Waals surface area contributed by atoms with Crippen LogP contribution in [0.2, 0.25) is 0 Å². The molecule has 31 heavy (non-hydrogen) atoms. The standard InChI is InChI=1S/C22H30N4O4S/c1-15-8-7-9-18(14-15)25-19(27)10-11-23-31(29,30)21-17(3)24-16(2)20(21)22(28)26-12-5-4-6-13-26/h7-9,14,23-24H,4-6,10-13H2,1-3H3,(H,25,27). The van der Waals surface area contributed by atoms with Crippen molar-refractivity contribution in [3.63, 3.8) is 0 Å². The fourth-order valence-electron chi connectivity index (χ4n) is 3.92. The molecule has 1 aliphatic rings. The predicted octanol–water partition coefficient (Wildman–Crippen LogP) is 2.87. The summed E-state index contributed by atoms with van der Waals surface area (Å²) in [6.45, 7) is 6.47. The number of benzene rings is 1. The number of nitrogens with zero attached hydrogens (tertiary/aromatic N) is 1. The number of aryl methyl sites for hydroxylation is 3. The molecule has 2 heterocycles. The molecule has 0 radical (unpaired) electrons. The third-order valence-corrected chi connectivity index (χ3v) is 7.02. The van der Waals surface area contributed by atoms with E-state index < -0.39 is 10.0 Å². The molecule has 0 spiro atoms. The summed E-state index contributed by atoms with van der Waals surface area (Å²) in [5.74, 6) is -0.556. The minimum atomic E-state index is -3.97. The number of carbonyl (C=O) groups is 2. The molecule has 3 N–H and O–H groups in total. The third-order valence-electron chi connectivity index (χ3n) is 5.39. The maximum atomic E-state index is 13.1. The van der Waals surface area contributed by atoms with Crippen molar-refractivity contribution in [1.82, 2.24) is 14.6 Å². The van der Waals surface area contributed by atoms with Crippen LogP contribution < -0.4 is 10.0 Å². The van der Waals surface area contributed by atoms with Crippen LogP contribution in [-0.2, 0) is 14.8 Å². The molecule has 1 saturated heterocycles. The Morgan fingerprint density at radius 3 is 2.45 bits per heavy atom. The lowest BCUT2D eigenvalue weighted by Gasteiger charge is -2.27. The average molecular weight is 447 g/mol. The number of nitrogens with one attached hydrogen (secondary N) is 3. The zero-order valence-electron chi connectivity index (χ0n) is 18.2. The topological polar surface area (TPSA) is 111 Å². The Balaban J connectivity index is 1.69. The largest absolute Gasteiger partial charge is 0.361 e. The van der Waals surface area contributed by atoms with Gasteiger partial charge in [-0.3, -0.25) is 9.59 Å². The van der Waals surface area contributed by atoms with E-state index in [0.29, 0.717) is 30.2 Å². The summed E-state index contributed by atoms with van der Waals surface area (Å²) in [6.07, 6.45) is 2.90. The Kier molecular flexibility index (Phi) is 7.17. The maximum absolute atomic E-state index is 13.1. The van der Waals surface area contributed by atoms with E-state index in [1.165, 1.54) is 0 Å². The molecular weight excluding hydrogens is 416 g/mol. The zero-order chi connectivity index (χ0) is 22.6. The summed E-state index contributed by atoms with van der Waals surface area (Å²) in [5.41, 5.74) is 2.82. The van der Waals surface area contributed by atoms with Gasteiger partial charge in [-0.05, 0) is 57.7 Å². The number of hydrogen-bond acceptors (Lipinski definition) is 4. The first-order valence-electron chi connectivity index (χ1n) is 10.5. The van der Waals surface area contributed by atoms with Crippen molar-refractivity contribution in [1.29, 1.82) is 0 Å². The molecule has 1 fully saturated rings. The van der Waals surface area contributed by atoms with Gasteiger partial charge in [0.05, 0.1) is 5.56 Å². The highest BCUT2D eigenvalue weighted by Crippen LogP contribution is 2.26. The molecular formula is C22H30N4O4S. The number of rotatable bonds is 7. The van der Waals surface area contributed by atoms with Crippen LogP contribution in [0.5, 0.6) is 0 Å². The molecule has 8 nitrogen and oxygen atoms in total. The minimum absolute atomic E-state index is 0.0228. The summed E-state index contributed by atoms with van der Waals surface area (Å²) in [4.78, 5) is 29.9. The first-order valence-corrected chi connectivity index (χ1v) is 12.0. The first kappa shape index (κ1) is 23.0. The van der Waals surface area contributed by atoms with Crippen LogP contribution in [-0.4, -0.2) is 49.8 Å². The Hall–Kier alpha value is -2.65. The number of carbonyl (C=O) groups excluding carboxylic acids is 2. The highest BCUT2D eigenvalue weighted by molar-refractivity contribution is 7.89. The van der Waals surface area contributed by atoms with Gasteiger partial charge in [-0.15, -0.1) is 0 Å². The van der Waals surface area contributed by atoms with E-state index in [-0.39, 0.29) is 35.2 Å². The lowest BCUT2D eigenvalue weighted by atomic mass is 10.1. The smallest absolute Gasteiger partial charge is 0.257 e. The summed E-state index contributed by atoms with van der Waals surface area (Å²) in [7, 11) is -3.97. The number of anilines is 1. The van der Waals surface area contributed by atoms with E-state index >= 15 is 0 Å². The Morgan fingerprint density at radius 2 is 1.77 bits per heavy atom. The molecule has 168 valence electrons. The summed E-state index contributed by atoms with van der Waals surface area (Å²) in [5, 5.41) is 2.76. The molecule has 9 heteroatoms. The van der Waals surface area contributed by atoms with E-state index in [1.54, 1.807) is 24.8 Å². The van der Waals surface area contributed by atoms with Gasteiger partial charge in [-0.2, -0.15) is 0 Å². The van der Waals surface area contributed by atoms with E-state index in [9.17, 15) is 18.0 Å². The Morgan fingerprint density at radius 1 is 1.06 bits per heavy atom. The van der Waals surface area contributed by atoms with Gasteiger partial charge in [0.1, 0.15) is 4.90 Å². The quantitative estimate of drug-likeness (QED) is 0.607. The van der Waals surface area contributed by atoms with Gasteiger partial charge >= 0.3 is 0 Å². The van der Waals surface area contributed by atoms with Gasteiger partial charge in [0, 0.05) is 43.1 Å². The van der Waals surface area contributed by atoms with Gasteiger partial charge in [0.2, 0.25) is 15.9 Å². The van der Waals surface area contributed by atoms with Crippen LogP contribution in [0, 0.1) is 20.8 Å². The molecule has 1 aliphatic heterocycles.